The summed E-state index contributed by atoms with van der Waals surface area (Å²) in [5, 5.41) is 15.2. The van der Waals surface area contributed by atoms with Crippen molar-refractivity contribution >= 4 is 16.8 Å². The largest absolute Gasteiger partial charge is 0.391 e. The average Bonchev–Trinajstić information content (AvgIpc) is 2.85. The van der Waals surface area contributed by atoms with Crippen LogP contribution in [0.25, 0.3) is 10.9 Å². The van der Waals surface area contributed by atoms with Gasteiger partial charge in [0.1, 0.15) is 6.54 Å². The zero-order valence-corrected chi connectivity index (χ0v) is 11.6. The van der Waals surface area contributed by atoms with Crippen LogP contribution in [0.2, 0.25) is 0 Å². The number of amides is 1. The number of hydrogen-bond acceptors (Lipinski definition) is 3. The van der Waals surface area contributed by atoms with E-state index in [1.165, 1.54) is 0 Å². The molecule has 1 aliphatic heterocycles. The zero-order chi connectivity index (χ0) is 14.1. The Kier molecular flexibility index (Phi) is 3.44. The van der Waals surface area contributed by atoms with E-state index in [0.717, 1.165) is 23.9 Å². The highest BCUT2D eigenvalue weighted by Crippen LogP contribution is 2.18. The van der Waals surface area contributed by atoms with Gasteiger partial charge in [-0.3, -0.25) is 9.48 Å². The molecule has 1 aromatic carbocycles. The standard InChI is InChI=1S/C15H19N3O2/c1-11-6-7-17(9-14(11)19)15(20)10-18-13-5-3-2-4-12(13)8-16-18/h2-5,8,11,14,19H,6-7,9-10H2,1H3. The fraction of sp³-hybridized carbons (Fsp3) is 0.467. The molecule has 0 aliphatic carbocycles. The van der Waals surface area contributed by atoms with Crippen LogP contribution in [0.1, 0.15) is 13.3 Å². The van der Waals surface area contributed by atoms with Gasteiger partial charge in [0.05, 0.1) is 17.8 Å². The third-order valence-corrected chi connectivity index (χ3v) is 4.11. The smallest absolute Gasteiger partial charge is 0.244 e. The molecule has 0 saturated carbocycles. The predicted octanol–water partition coefficient (Wildman–Crippen LogP) is 1.27. The quantitative estimate of drug-likeness (QED) is 0.896. The van der Waals surface area contributed by atoms with E-state index in [9.17, 15) is 9.90 Å². The minimum atomic E-state index is -0.415. The van der Waals surface area contributed by atoms with Crippen molar-refractivity contribution in [3.8, 4) is 0 Å². The van der Waals surface area contributed by atoms with Gasteiger partial charge in [0.2, 0.25) is 5.91 Å². The number of carbonyl (C=O) groups is 1. The minimum absolute atomic E-state index is 0.0183. The van der Waals surface area contributed by atoms with Gasteiger partial charge in [-0.15, -0.1) is 0 Å². The number of hydrogen-bond donors (Lipinski definition) is 1. The molecule has 1 N–H and O–H groups in total. The Bertz CT molecular complexity index is 622. The van der Waals surface area contributed by atoms with Gasteiger partial charge < -0.3 is 10.0 Å². The normalized spacial score (nSPS) is 23.2. The highest BCUT2D eigenvalue weighted by molar-refractivity contribution is 5.82. The number of rotatable bonds is 2. The third kappa shape index (κ3) is 2.41. The van der Waals surface area contributed by atoms with Crippen LogP contribution >= 0.6 is 0 Å². The molecule has 5 heteroatoms. The van der Waals surface area contributed by atoms with Crippen molar-refractivity contribution in [2.75, 3.05) is 13.1 Å². The van der Waals surface area contributed by atoms with Gasteiger partial charge in [-0.1, -0.05) is 25.1 Å². The molecular weight excluding hydrogens is 254 g/mol. The molecule has 2 atom stereocenters. The van der Waals surface area contributed by atoms with E-state index in [4.69, 9.17) is 0 Å². The molecule has 1 fully saturated rings. The number of nitrogens with zero attached hydrogens (tertiary/aromatic N) is 3. The Labute approximate surface area is 117 Å². The lowest BCUT2D eigenvalue weighted by atomic mass is 9.96. The molecule has 0 bridgehead atoms. The van der Waals surface area contributed by atoms with Crippen LogP contribution < -0.4 is 0 Å². The molecule has 1 aliphatic rings. The van der Waals surface area contributed by atoms with Gasteiger partial charge in [0.25, 0.3) is 0 Å². The zero-order valence-electron chi connectivity index (χ0n) is 11.6. The first-order valence-corrected chi connectivity index (χ1v) is 7.01. The van der Waals surface area contributed by atoms with E-state index in [2.05, 4.69) is 5.10 Å². The van der Waals surface area contributed by atoms with Crippen LogP contribution in [0, 0.1) is 5.92 Å². The highest BCUT2D eigenvalue weighted by atomic mass is 16.3. The van der Waals surface area contributed by atoms with Crippen molar-refractivity contribution in [2.45, 2.75) is 26.0 Å². The molecule has 0 spiro atoms. The lowest BCUT2D eigenvalue weighted by Gasteiger charge is -2.34. The molecular formula is C15H19N3O2. The number of para-hydroxylation sites is 1. The molecule has 5 nitrogen and oxygen atoms in total. The van der Waals surface area contributed by atoms with Crippen LogP contribution in [0.4, 0.5) is 0 Å². The summed E-state index contributed by atoms with van der Waals surface area (Å²) in [5.41, 5.74) is 0.965. The lowest BCUT2D eigenvalue weighted by Crippen LogP contribution is -2.46. The van der Waals surface area contributed by atoms with Crippen molar-refractivity contribution in [1.29, 1.82) is 0 Å². The molecule has 1 saturated heterocycles. The van der Waals surface area contributed by atoms with Crippen LogP contribution in [0.15, 0.2) is 30.5 Å². The number of benzene rings is 1. The molecule has 0 radical (unpaired) electrons. The van der Waals surface area contributed by atoms with Crippen LogP contribution in [-0.2, 0) is 11.3 Å². The maximum absolute atomic E-state index is 12.3. The molecule has 106 valence electrons. The molecule has 1 aromatic heterocycles. The van der Waals surface area contributed by atoms with Crippen LogP contribution in [0.5, 0.6) is 0 Å². The summed E-state index contributed by atoms with van der Waals surface area (Å²) < 4.78 is 1.72. The lowest BCUT2D eigenvalue weighted by molar-refractivity contribution is -0.136. The number of likely N-dealkylation sites (tertiary alicyclic amines) is 1. The van der Waals surface area contributed by atoms with Crippen molar-refractivity contribution < 1.29 is 9.90 Å². The van der Waals surface area contributed by atoms with Gasteiger partial charge in [0.15, 0.2) is 0 Å². The van der Waals surface area contributed by atoms with Gasteiger partial charge in [-0.2, -0.15) is 5.10 Å². The number of fused-ring (bicyclic) bond motifs is 1. The molecule has 2 aromatic rings. The Hall–Kier alpha value is -1.88. The minimum Gasteiger partial charge on any atom is -0.391 e. The molecule has 2 heterocycles. The van der Waals surface area contributed by atoms with Crippen LogP contribution in [-0.4, -0.2) is 44.9 Å². The van der Waals surface area contributed by atoms with Gasteiger partial charge in [-0.25, -0.2) is 0 Å². The SMILES string of the molecule is CC1CCN(C(=O)Cn2ncc3ccccc32)CC1O. The Morgan fingerprint density at radius 3 is 3.05 bits per heavy atom. The number of β-amino-alcohol motifs (C(OH)–C–C–N with tert-alkyl or cyclic N) is 1. The van der Waals surface area contributed by atoms with E-state index in [-0.39, 0.29) is 18.4 Å². The first-order valence-electron chi connectivity index (χ1n) is 7.01. The fourth-order valence-corrected chi connectivity index (χ4v) is 2.66. The Morgan fingerprint density at radius 1 is 1.45 bits per heavy atom. The Balaban J connectivity index is 1.73. The average molecular weight is 273 g/mol. The van der Waals surface area contributed by atoms with Crippen molar-refractivity contribution in [3.05, 3.63) is 30.5 Å². The number of carbonyl (C=O) groups excluding carboxylic acids is 1. The van der Waals surface area contributed by atoms with Crippen LogP contribution in [0.3, 0.4) is 0 Å². The summed E-state index contributed by atoms with van der Waals surface area (Å²) >= 11 is 0. The second kappa shape index (κ2) is 5.25. The molecule has 1 amide bonds. The maximum Gasteiger partial charge on any atom is 0.244 e. The number of aliphatic hydroxyl groups excluding tert-OH is 1. The van der Waals surface area contributed by atoms with E-state index in [1.54, 1.807) is 15.8 Å². The van der Waals surface area contributed by atoms with E-state index in [0.29, 0.717) is 6.54 Å². The topological polar surface area (TPSA) is 58.4 Å². The van der Waals surface area contributed by atoms with E-state index in [1.807, 2.05) is 31.2 Å². The summed E-state index contributed by atoms with van der Waals surface area (Å²) in [6.07, 6.45) is 2.21. The molecule has 3 rings (SSSR count). The fourth-order valence-electron chi connectivity index (χ4n) is 2.66. The number of piperidine rings is 1. The molecule has 20 heavy (non-hydrogen) atoms. The third-order valence-electron chi connectivity index (χ3n) is 4.11. The van der Waals surface area contributed by atoms with Gasteiger partial charge >= 0.3 is 0 Å². The summed E-state index contributed by atoms with van der Waals surface area (Å²) in [7, 11) is 0. The second-order valence-electron chi connectivity index (χ2n) is 5.53. The van der Waals surface area contributed by atoms with E-state index >= 15 is 0 Å². The van der Waals surface area contributed by atoms with E-state index < -0.39 is 6.10 Å². The highest BCUT2D eigenvalue weighted by Gasteiger charge is 2.27. The monoisotopic (exact) mass is 273 g/mol. The first-order chi connectivity index (χ1) is 9.65. The maximum atomic E-state index is 12.3. The van der Waals surface area contributed by atoms with Gasteiger partial charge in [0, 0.05) is 18.5 Å². The summed E-state index contributed by atoms with van der Waals surface area (Å²) in [5.74, 6) is 0.286. The summed E-state index contributed by atoms with van der Waals surface area (Å²) in [6.45, 7) is 3.40. The first kappa shape index (κ1) is 13.1. The molecule has 2 unspecified atom stereocenters. The van der Waals surface area contributed by atoms with Crippen molar-refractivity contribution in [2.24, 2.45) is 5.92 Å². The number of aliphatic hydroxyl groups is 1. The number of aromatic nitrogens is 2. The second-order valence-corrected chi connectivity index (χ2v) is 5.53. The Morgan fingerprint density at radius 2 is 2.25 bits per heavy atom. The van der Waals surface area contributed by atoms with Crippen molar-refractivity contribution in [3.63, 3.8) is 0 Å². The summed E-state index contributed by atoms with van der Waals surface area (Å²) in [6, 6.07) is 7.84. The predicted molar refractivity (Wildman–Crippen MR) is 76.1 cm³/mol. The summed E-state index contributed by atoms with van der Waals surface area (Å²) in [4.78, 5) is 14.1. The van der Waals surface area contributed by atoms with Gasteiger partial charge in [-0.05, 0) is 18.4 Å². The van der Waals surface area contributed by atoms with Crippen molar-refractivity contribution in [1.82, 2.24) is 14.7 Å².